The van der Waals surface area contributed by atoms with E-state index in [0.29, 0.717) is 12.6 Å². The van der Waals surface area contributed by atoms with Crippen molar-refractivity contribution < 1.29 is 9.47 Å². The molecule has 2 aromatic rings. The van der Waals surface area contributed by atoms with E-state index in [1.165, 1.54) is 5.56 Å². The summed E-state index contributed by atoms with van der Waals surface area (Å²) in [6, 6.07) is 6.67. The summed E-state index contributed by atoms with van der Waals surface area (Å²) in [4.78, 5) is 14.0. The second-order valence-electron chi connectivity index (χ2n) is 7.18. The first-order valence-electron chi connectivity index (χ1n) is 9.16. The molecule has 0 spiro atoms. The van der Waals surface area contributed by atoms with Crippen molar-refractivity contribution >= 4 is 5.95 Å². The number of aromatic nitrogens is 2. The van der Waals surface area contributed by atoms with Gasteiger partial charge in [-0.15, -0.1) is 0 Å². The van der Waals surface area contributed by atoms with Gasteiger partial charge in [-0.3, -0.25) is 4.90 Å². The minimum atomic E-state index is 0.291. The molecule has 1 saturated heterocycles. The van der Waals surface area contributed by atoms with Crippen molar-refractivity contribution in [2.75, 3.05) is 51.9 Å². The fraction of sp³-hybridized carbons (Fsp3) is 0.500. The molecular formula is C20H26N4O2. The van der Waals surface area contributed by atoms with Crippen LogP contribution in [0.25, 0.3) is 11.1 Å². The normalized spacial score (nSPS) is 19.6. The number of anilines is 1. The van der Waals surface area contributed by atoms with E-state index in [1.807, 2.05) is 0 Å². The van der Waals surface area contributed by atoms with Gasteiger partial charge in [-0.25, -0.2) is 9.97 Å². The van der Waals surface area contributed by atoms with Crippen molar-refractivity contribution in [2.24, 2.45) is 0 Å². The van der Waals surface area contributed by atoms with Crippen LogP contribution in [-0.2, 0) is 4.74 Å². The van der Waals surface area contributed by atoms with Crippen molar-refractivity contribution in [1.29, 1.82) is 0 Å². The second-order valence-corrected chi connectivity index (χ2v) is 7.18. The maximum Gasteiger partial charge on any atom is 0.225 e. The summed E-state index contributed by atoms with van der Waals surface area (Å²) in [5, 5.41) is 0. The Morgan fingerprint density at radius 3 is 2.42 bits per heavy atom. The summed E-state index contributed by atoms with van der Waals surface area (Å²) in [6.45, 7) is 7.95. The Morgan fingerprint density at radius 2 is 1.77 bits per heavy atom. The summed E-state index contributed by atoms with van der Waals surface area (Å²) >= 11 is 0. The van der Waals surface area contributed by atoms with Gasteiger partial charge in [-0.2, -0.15) is 0 Å². The monoisotopic (exact) mass is 354 g/mol. The molecule has 6 heteroatoms. The molecule has 0 radical (unpaired) electrons. The van der Waals surface area contributed by atoms with Gasteiger partial charge in [0.25, 0.3) is 0 Å². The molecular weight excluding hydrogens is 328 g/mol. The van der Waals surface area contributed by atoms with Gasteiger partial charge in [0.15, 0.2) is 0 Å². The molecule has 2 aliphatic rings. The number of hydrogen-bond donors (Lipinski definition) is 0. The largest absolute Gasteiger partial charge is 0.491 e. The lowest BCUT2D eigenvalue weighted by atomic mass is 9.97. The number of aryl methyl sites for hydroxylation is 2. The number of para-hydroxylation sites is 1. The van der Waals surface area contributed by atoms with Crippen molar-refractivity contribution in [1.82, 2.24) is 14.9 Å². The first kappa shape index (κ1) is 17.2. The zero-order valence-electron chi connectivity index (χ0n) is 16.0. The standard InChI is InChI=1S/C20H26N4O2/c1-13-18(14(2)22-20(21-13)24-8-10-25-11-9-24)16-7-5-6-15-17(23(3)4)12-26-19(15)16/h5-7,17H,8-12H2,1-4H3/t17-/m1/s1. The first-order chi connectivity index (χ1) is 12.6. The third-order valence-corrected chi connectivity index (χ3v) is 5.24. The van der Waals surface area contributed by atoms with Crippen LogP contribution in [0.5, 0.6) is 5.75 Å². The Balaban J connectivity index is 1.75. The highest BCUT2D eigenvalue weighted by molar-refractivity contribution is 5.77. The van der Waals surface area contributed by atoms with E-state index in [2.05, 4.69) is 55.9 Å². The fourth-order valence-electron chi connectivity index (χ4n) is 3.85. The van der Waals surface area contributed by atoms with E-state index >= 15 is 0 Å². The quantitative estimate of drug-likeness (QED) is 0.844. The summed E-state index contributed by atoms with van der Waals surface area (Å²) < 4.78 is 11.5. The highest BCUT2D eigenvalue weighted by Crippen LogP contribution is 2.43. The van der Waals surface area contributed by atoms with E-state index < -0.39 is 0 Å². The Labute approximate surface area is 154 Å². The molecule has 0 N–H and O–H groups in total. The highest BCUT2D eigenvalue weighted by atomic mass is 16.5. The van der Waals surface area contributed by atoms with Gasteiger partial charge < -0.3 is 14.4 Å². The zero-order chi connectivity index (χ0) is 18.3. The van der Waals surface area contributed by atoms with E-state index in [4.69, 9.17) is 19.4 Å². The van der Waals surface area contributed by atoms with Crippen molar-refractivity contribution in [2.45, 2.75) is 19.9 Å². The first-order valence-corrected chi connectivity index (χ1v) is 9.16. The van der Waals surface area contributed by atoms with Crippen LogP contribution in [0.4, 0.5) is 5.95 Å². The van der Waals surface area contributed by atoms with E-state index in [-0.39, 0.29) is 0 Å². The lowest BCUT2D eigenvalue weighted by Crippen LogP contribution is -2.37. The molecule has 0 saturated carbocycles. The van der Waals surface area contributed by atoms with Gasteiger partial charge in [-0.05, 0) is 27.9 Å². The molecule has 0 aliphatic carbocycles. The molecule has 0 amide bonds. The number of rotatable bonds is 3. The molecule has 2 aliphatic heterocycles. The third-order valence-electron chi connectivity index (χ3n) is 5.24. The zero-order valence-corrected chi connectivity index (χ0v) is 16.0. The average Bonchev–Trinajstić information content (AvgIpc) is 3.07. The molecule has 0 bridgehead atoms. The molecule has 0 unspecified atom stereocenters. The number of morpholine rings is 1. The number of hydrogen-bond acceptors (Lipinski definition) is 6. The van der Waals surface area contributed by atoms with Gasteiger partial charge in [-0.1, -0.05) is 18.2 Å². The predicted octanol–water partition coefficient (Wildman–Crippen LogP) is 2.59. The van der Waals surface area contributed by atoms with Crippen molar-refractivity contribution in [3.8, 4) is 16.9 Å². The minimum Gasteiger partial charge on any atom is -0.491 e. The predicted molar refractivity (Wildman–Crippen MR) is 102 cm³/mol. The average molecular weight is 354 g/mol. The number of ether oxygens (including phenoxy) is 2. The SMILES string of the molecule is Cc1nc(N2CCOCC2)nc(C)c1-c1cccc2c1OC[C@H]2N(C)C. The molecule has 138 valence electrons. The fourth-order valence-corrected chi connectivity index (χ4v) is 3.85. The maximum atomic E-state index is 6.09. The van der Waals surface area contributed by atoms with Crippen LogP contribution in [0.15, 0.2) is 18.2 Å². The topological polar surface area (TPSA) is 50.7 Å². The van der Waals surface area contributed by atoms with Crippen LogP contribution in [0.1, 0.15) is 23.0 Å². The van der Waals surface area contributed by atoms with Gasteiger partial charge in [0.2, 0.25) is 5.95 Å². The Bertz CT molecular complexity index is 792. The summed E-state index contributed by atoms with van der Waals surface area (Å²) in [7, 11) is 4.18. The molecule has 26 heavy (non-hydrogen) atoms. The highest BCUT2D eigenvalue weighted by Gasteiger charge is 2.29. The van der Waals surface area contributed by atoms with Crippen LogP contribution < -0.4 is 9.64 Å². The van der Waals surface area contributed by atoms with E-state index in [9.17, 15) is 0 Å². The number of fused-ring (bicyclic) bond motifs is 1. The van der Waals surface area contributed by atoms with Crippen LogP contribution >= 0.6 is 0 Å². The number of likely N-dealkylation sites (N-methyl/N-ethyl adjacent to an activating group) is 1. The maximum absolute atomic E-state index is 6.09. The lowest BCUT2D eigenvalue weighted by molar-refractivity contribution is 0.122. The van der Waals surface area contributed by atoms with Gasteiger partial charge in [0.05, 0.1) is 30.6 Å². The van der Waals surface area contributed by atoms with E-state index in [0.717, 1.165) is 60.5 Å². The van der Waals surface area contributed by atoms with Crippen LogP contribution in [0.3, 0.4) is 0 Å². The Morgan fingerprint density at radius 1 is 1.08 bits per heavy atom. The number of benzene rings is 1. The molecule has 1 fully saturated rings. The smallest absolute Gasteiger partial charge is 0.225 e. The van der Waals surface area contributed by atoms with Gasteiger partial charge in [0.1, 0.15) is 12.4 Å². The third kappa shape index (κ3) is 2.93. The summed E-state index contributed by atoms with van der Waals surface area (Å²) in [5.41, 5.74) is 5.39. The summed E-state index contributed by atoms with van der Waals surface area (Å²) in [5.74, 6) is 1.77. The number of nitrogens with zero attached hydrogens (tertiary/aromatic N) is 4. The van der Waals surface area contributed by atoms with Gasteiger partial charge in [0, 0.05) is 29.8 Å². The molecule has 3 heterocycles. The van der Waals surface area contributed by atoms with E-state index in [1.54, 1.807) is 0 Å². The van der Waals surface area contributed by atoms with Crippen LogP contribution in [0.2, 0.25) is 0 Å². The van der Waals surface area contributed by atoms with Crippen molar-refractivity contribution in [3.63, 3.8) is 0 Å². The minimum absolute atomic E-state index is 0.291. The second kappa shape index (κ2) is 6.85. The van der Waals surface area contributed by atoms with Crippen LogP contribution in [0, 0.1) is 13.8 Å². The molecule has 6 nitrogen and oxygen atoms in total. The Kier molecular flexibility index (Phi) is 4.54. The van der Waals surface area contributed by atoms with Crippen LogP contribution in [-0.4, -0.2) is 61.9 Å². The lowest BCUT2D eigenvalue weighted by Gasteiger charge is -2.27. The van der Waals surface area contributed by atoms with Crippen molar-refractivity contribution in [3.05, 3.63) is 35.2 Å². The summed E-state index contributed by atoms with van der Waals surface area (Å²) in [6.07, 6.45) is 0. The molecule has 1 aromatic carbocycles. The molecule has 4 rings (SSSR count). The van der Waals surface area contributed by atoms with Gasteiger partial charge >= 0.3 is 0 Å². The molecule has 1 atom stereocenters. The molecule has 1 aromatic heterocycles. The Hall–Kier alpha value is -2.18.